The maximum atomic E-state index is 12.1. The fourth-order valence-corrected chi connectivity index (χ4v) is 3.22. The number of hydrogen-bond acceptors (Lipinski definition) is 3. The first-order chi connectivity index (χ1) is 11.8. The van der Waals surface area contributed by atoms with Crippen molar-refractivity contribution in [1.82, 2.24) is 10.2 Å². The van der Waals surface area contributed by atoms with E-state index in [4.69, 9.17) is 4.74 Å². The molecule has 1 N–H and O–H groups in total. The van der Waals surface area contributed by atoms with Crippen LogP contribution < -0.4 is 5.32 Å². The van der Waals surface area contributed by atoms with Crippen LogP contribution in [-0.2, 0) is 11.3 Å². The molecule has 0 aromatic heterocycles. The normalized spacial score (nSPS) is 19.4. The fourth-order valence-electron chi connectivity index (χ4n) is 3.22. The van der Waals surface area contributed by atoms with Gasteiger partial charge in [0.15, 0.2) is 0 Å². The molecule has 0 spiro atoms. The van der Waals surface area contributed by atoms with Crippen molar-refractivity contribution in [3.05, 3.63) is 35.9 Å². The van der Waals surface area contributed by atoms with Crippen LogP contribution in [-0.4, -0.2) is 37.2 Å². The number of piperidine rings is 2. The molecule has 2 saturated heterocycles. The fraction of sp³-hybridized carbons (Fsp3) is 0.550. The summed E-state index contributed by atoms with van der Waals surface area (Å²) in [5.74, 6) is 7.89. The third kappa shape index (κ3) is 5.01. The van der Waals surface area contributed by atoms with Gasteiger partial charge in [-0.05, 0) is 44.3 Å². The topological polar surface area (TPSA) is 41.6 Å². The number of carbonyl (C=O) groups is 1. The van der Waals surface area contributed by atoms with E-state index in [2.05, 4.69) is 17.2 Å². The van der Waals surface area contributed by atoms with Gasteiger partial charge in [-0.2, -0.15) is 0 Å². The van der Waals surface area contributed by atoms with Gasteiger partial charge in [-0.3, -0.25) is 0 Å². The number of hydrogen-bond donors (Lipinski definition) is 1. The number of benzene rings is 1. The third-order valence-electron chi connectivity index (χ3n) is 4.79. The summed E-state index contributed by atoms with van der Waals surface area (Å²) in [5, 5.41) is 3.37. The van der Waals surface area contributed by atoms with Gasteiger partial charge in [0.2, 0.25) is 0 Å². The molecule has 128 valence electrons. The molecule has 1 aromatic carbocycles. The average molecular weight is 326 g/mol. The zero-order chi connectivity index (χ0) is 16.6. The molecule has 4 heteroatoms. The lowest BCUT2D eigenvalue weighted by molar-refractivity contribution is 0.0859. The van der Waals surface area contributed by atoms with Crippen molar-refractivity contribution >= 4 is 6.09 Å². The Hall–Kier alpha value is -1.99. The van der Waals surface area contributed by atoms with Gasteiger partial charge in [0.25, 0.3) is 0 Å². The van der Waals surface area contributed by atoms with Crippen molar-refractivity contribution in [3.63, 3.8) is 0 Å². The van der Waals surface area contributed by atoms with Gasteiger partial charge in [0.1, 0.15) is 6.61 Å². The lowest BCUT2D eigenvalue weighted by Gasteiger charge is -2.29. The molecule has 1 amide bonds. The molecule has 1 aromatic rings. The zero-order valence-electron chi connectivity index (χ0n) is 14.2. The summed E-state index contributed by atoms with van der Waals surface area (Å²) in [6.45, 7) is 4.02. The second-order valence-electron chi connectivity index (χ2n) is 6.61. The molecule has 0 radical (unpaired) electrons. The van der Waals surface area contributed by atoms with Crippen molar-refractivity contribution in [2.45, 2.75) is 32.3 Å². The number of nitrogens with one attached hydrogen (secondary N) is 1. The summed E-state index contributed by atoms with van der Waals surface area (Å²) in [6.07, 6.45) is 4.04. The first-order valence-electron chi connectivity index (χ1n) is 8.98. The van der Waals surface area contributed by atoms with Gasteiger partial charge >= 0.3 is 6.09 Å². The predicted octanol–water partition coefficient (Wildman–Crippen LogP) is 3.04. The maximum absolute atomic E-state index is 12.1. The van der Waals surface area contributed by atoms with Gasteiger partial charge in [-0.25, -0.2) is 4.79 Å². The molecule has 0 bridgehead atoms. The standard InChI is InChI=1S/C20H26N2O2/c23-20(24-16-19-4-2-1-3-5-19)22-14-10-18(11-15-22)7-6-17-8-12-21-13-9-17/h1-5,17-18,21H,8-16H2. The third-order valence-corrected chi connectivity index (χ3v) is 4.79. The summed E-state index contributed by atoms with van der Waals surface area (Å²) < 4.78 is 5.40. The van der Waals surface area contributed by atoms with Gasteiger partial charge in [-0.15, -0.1) is 0 Å². The van der Waals surface area contributed by atoms with E-state index in [9.17, 15) is 4.79 Å². The molecule has 0 aliphatic carbocycles. The number of rotatable bonds is 2. The van der Waals surface area contributed by atoms with Crippen molar-refractivity contribution in [3.8, 4) is 11.8 Å². The molecule has 3 rings (SSSR count). The molecule has 2 fully saturated rings. The average Bonchev–Trinajstić information content (AvgIpc) is 2.66. The predicted molar refractivity (Wildman–Crippen MR) is 94.3 cm³/mol. The number of nitrogens with zero attached hydrogens (tertiary/aromatic N) is 1. The number of carbonyl (C=O) groups excluding carboxylic acids is 1. The largest absolute Gasteiger partial charge is 0.445 e. The molecule has 2 aliphatic heterocycles. The van der Waals surface area contributed by atoms with Gasteiger partial charge in [0.05, 0.1) is 0 Å². The SMILES string of the molecule is O=C(OCc1ccccc1)N1CCC(C#CC2CCNCC2)CC1. The molecule has 0 saturated carbocycles. The van der Waals surface area contributed by atoms with Crippen LogP contribution in [0.2, 0.25) is 0 Å². The van der Waals surface area contributed by atoms with Crippen LogP contribution in [0.4, 0.5) is 4.79 Å². The first kappa shape index (κ1) is 16.9. The van der Waals surface area contributed by atoms with Gasteiger partial charge in [-0.1, -0.05) is 42.2 Å². The zero-order valence-corrected chi connectivity index (χ0v) is 14.2. The number of likely N-dealkylation sites (tertiary alicyclic amines) is 1. The van der Waals surface area contributed by atoms with Crippen molar-refractivity contribution in [2.24, 2.45) is 11.8 Å². The molecule has 24 heavy (non-hydrogen) atoms. The summed E-state index contributed by atoms with van der Waals surface area (Å²) in [6, 6.07) is 9.80. The van der Waals surface area contributed by atoms with Crippen molar-refractivity contribution in [2.75, 3.05) is 26.2 Å². The van der Waals surface area contributed by atoms with E-state index in [1.165, 1.54) is 0 Å². The molecular formula is C20H26N2O2. The van der Waals surface area contributed by atoms with Crippen LogP contribution in [0.3, 0.4) is 0 Å². The van der Waals surface area contributed by atoms with Crippen molar-refractivity contribution in [1.29, 1.82) is 0 Å². The van der Waals surface area contributed by atoms with Crippen LogP contribution in [0.5, 0.6) is 0 Å². The Morgan fingerprint density at radius 3 is 2.33 bits per heavy atom. The molecule has 4 nitrogen and oxygen atoms in total. The van der Waals surface area contributed by atoms with E-state index in [0.29, 0.717) is 18.4 Å². The van der Waals surface area contributed by atoms with Gasteiger partial charge in [0, 0.05) is 24.9 Å². The highest BCUT2D eigenvalue weighted by Gasteiger charge is 2.23. The van der Waals surface area contributed by atoms with E-state index >= 15 is 0 Å². The lowest BCUT2D eigenvalue weighted by atomic mass is 9.94. The highest BCUT2D eigenvalue weighted by atomic mass is 16.6. The minimum Gasteiger partial charge on any atom is -0.445 e. The summed E-state index contributed by atoms with van der Waals surface area (Å²) in [4.78, 5) is 14.0. The van der Waals surface area contributed by atoms with E-state index in [1.54, 1.807) is 0 Å². The Bertz CT molecular complexity index is 577. The smallest absolute Gasteiger partial charge is 0.410 e. The molecule has 2 aliphatic rings. The van der Waals surface area contributed by atoms with Crippen LogP contribution in [0.15, 0.2) is 30.3 Å². The highest BCUT2D eigenvalue weighted by Crippen LogP contribution is 2.18. The number of amides is 1. The second kappa shape index (κ2) is 8.75. The van der Waals surface area contributed by atoms with Crippen LogP contribution >= 0.6 is 0 Å². The maximum Gasteiger partial charge on any atom is 0.410 e. The van der Waals surface area contributed by atoms with E-state index in [0.717, 1.165) is 57.4 Å². The van der Waals surface area contributed by atoms with Crippen LogP contribution in [0.1, 0.15) is 31.2 Å². The summed E-state index contributed by atoms with van der Waals surface area (Å²) in [7, 11) is 0. The molecule has 0 atom stereocenters. The monoisotopic (exact) mass is 326 g/mol. The summed E-state index contributed by atoms with van der Waals surface area (Å²) in [5.41, 5.74) is 1.02. The van der Waals surface area contributed by atoms with Crippen LogP contribution in [0, 0.1) is 23.7 Å². The Morgan fingerprint density at radius 2 is 1.67 bits per heavy atom. The first-order valence-corrected chi connectivity index (χ1v) is 8.98. The lowest BCUT2D eigenvalue weighted by Crippen LogP contribution is -2.38. The van der Waals surface area contributed by atoms with E-state index in [-0.39, 0.29) is 6.09 Å². The highest BCUT2D eigenvalue weighted by molar-refractivity contribution is 5.67. The second-order valence-corrected chi connectivity index (χ2v) is 6.61. The van der Waals surface area contributed by atoms with E-state index < -0.39 is 0 Å². The van der Waals surface area contributed by atoms with Crippen molar-refractivity contribution < 1.29 is 9.53 Å². The Morgan fingerprint density at radius 1 is 1.04 bits per heavy atom. The molecular weight excluding hydrogens is 300 g/mol. The van der Waals surface area contributed by atoms with Gasteiger partial charge < -0.3 is 15.0 Å². The Labute approximate surface area is 144 Å². The Kier molecular flexibility index (Phi) is 6.14. The summed E-state index contributed by atoms with van der Waals surface area (Å²) >= 11 is 0. The van der Waals surface area contributed by atoms with Crippen LogP contribution in [0.25, 0.3) is 0 Å². The Balaban J connectivity index is 1.39. The minimum atomic E-state index is -0.205. The molecule has 2 heterocycles. The molecule has 0 unspecified atom stereocenters. The minimum absolute atomic E-state index is 0.205. The quantitative estimate of drug-likeness (QED) is 0.850. The number of ether oxygens (including phenoxy) is 1. The van der Waals surface area contributed by atoms with E-state index in [1.807, 2.05) is 35.2 Å².